The van der Waals surface area contributed by atoms with E-state index in [2.05, 4.69) is 15.3 Å². The van der Waals surface area contributed by atoms with Gasteiger partial charge in [0.2, 0.25) is 5.91 Å². The lowest BCUT2D eigenvalue weighted by molar-refractivity contribution is -0.120. The van der Waals surface area contributed by atoms with Gasteiger partial charge in [-0.1, -0.05) is 29.3 Å². The zero-order chi connectivity index (χ0) is 17.7. The first kappa shape index (κ1) is 18.5. The minimum absolute atomic E-state index is 0.0290. The summed E-state index contributed by atoms with van der Waals surface area (Å²) < 4.78 is 0. The first-order valence-electron chi connectivity index (χ1n) is 7.64. The van der Waals surface area contributed by atoms with Crippen molar-refractivity contribution in [2.24, 2.45) is 0 Å². The third-order valence-electron chi connectivity index (χ3n) is 3.63. The lowest BCUT2D eigenvalue weighted by Gasteiger charge is -2.07. The van der Waals surface area contributed by atoms with Gasteiger partial charge in [0.1, 0.15) is 5.82 Å². The van der Waals surface area contributed by atoms with E-state index in [-0.39, 0.29) is 17.9 Å². The molecule has 1 heterocycles. The van der Waals surface area contributed by atoms with E-state index in [1.807, 2.05) is 12.1 Å². The molecule has 2 N–H and O–H groups in total. The van der Waals surface area contributed by atoms with Gasteiger partial charge in [0, 0.05) is 17.8 Å². The van der Waals surface area contributed by atoms with Crippen LogP contribution in [0.25, 0.3) is 0 Å². The van der Waals surface area contributed by atoms with Crippen molar-refractivity contribution in [2.75, 3.05) is 6.54 Å². The van der Waals surface area contributed by atoms with E-state index in [1.54, 1.807) is 19.9 Å². The van der Waals surface area contributed by atoms with E-state index in [9.17, 15) is 9.59 Å². The van der Waals surface area contributed by atoms with Crippen LogP contribution in [0.4, 0.5) is 0 Å². The monoisotopic (exact) mass is 367 g/mol. The smallest absolute Gasteiger partial charge is 0.254 e. The topological polar surface area (TPSA) is 74.8 Å². The molecule has 0 spiro atoms. The van der Waals surface area contributed by atoms with Gasteiger partial charge in [-0.2, -0.15) is 0 Å². The fraction of sp³-hybridized carbons (Fsp3) is 0.353. The lowest BCUT2D eigenvalue weighted by atomic mass is 10.1. The van der Waals surface area contributed by atoms with Crippen LogP contribution in [-0.4, -0.2) is 22.4 Å². The number of nitrogens with one attached hydrogen (secondary N) is 2. The summed E-state index contributed by atoms with van der Waals surface area (Å²) in [5.41, 5.74) is 1.80. The minimum atomic E-state index is -0.258. The molecule has 1 aromatic carbocycles. The maximum Gasteiger partial charge on any atom is 0.254 e. The summed E-state index contributed by atoms with van der Waals surface area (Å²) in [6.07, 6.45) is 1.58. The zero-order valence-corrected chi connectivity index (χ0v) is 15.1. The molecule has 0 aliphatic rings. The molecule has 0 aliphatic heterocycles. The predicted molar refractivity (Wildman–Crippen MR) is 95.8 cm³/mol. The van der Waals surface area contributed by atoms with Crippen LogP contribution >= 0.6 is 23.2 Å². The van der Waals surface area contributed by atoms with Crippen molar-refractivity contribution >= 4 is 29.1 Å². The highest BCUT2D eigenvalue weighted by Gasteiger charge is 2.11. The summed E-state index contributed by atoms with van der Waals surface area (Å²) in [5.74, 6) is 0.353. The van der Waals surface area contributed by atoms with Gasteiger partial charge in [0.25, 0.3) is 5.56 Å². The highest BCUT2D eigenvalue weighted by Crippen LogP contribution is 2.23. The van der Waals surface area contributed by atoms with Crippen LogP contribution in [0.3, 0.4) is 0 Å². The van der Waals surface area contributed by atoms with Gasteiger partial charge in [0.05, 0.1) is 16.5 Å². The Balaban J connectivity index is 1.81. The van der Waals surface area contributed by atoms with Crippen LogP contribution in [0.2, 0.25) is 10.0 Å². The highest BCUT2D eigenvalue weighted by molar-refractivity contribution is 6.42. The number of aromatic amines is 1. The summed E-state index contributed by atoms with van der Waals surface area (Å²) in [5, 5.41) is 3.87. The van der Waals surface area contributed by atoms with Crippen LogP contribution in [0.1, 0.15) is 29.1 Å². The van der Waals surface area contributed by atoms with Gasteiger partial charge in [-0.15, -0.1) is 0 Å². The number of hydrogen-bond acceptors (Lipinski definition) is 3. The molecule has 1 amide bonds. The molecule has 2 aromatic rings. The van der Waals surface area contributed by atoms with E-state index < -0.39 is 0 Å². The van der Waals surface area contributed by atoms with Crippen LogP contribution in [0.5, 0.6) is 0 Å². The summed E-state index contributed by atoms with van der Waals surface area (Å²) in [6, 6.07) is 5.50. The minimum Gasteiger partial charge on any atom is -0.356 e. The first-order chi connectivity index (χ1) is 11.4. The molecule has 0 unspecified atom stereocenters. The number of halogens is 2. The Morgan fingerprint density at radius 2 is 2.00 bits per heavy atom. The number of H-pyrrole nitrogens is 1. The van der Waals surface area contributed by atoms with Gasteiger partial charge in [-0.3, -0.25) is 9.59 Å². The van der Waals surface area contributed by atoms with E-state index in [0.29, 0.717) is 33.7 Å². The van der Waals surface area contributed by atoms with E-state index in [0.717, 1.165) is 18.4 Å². The third-order valence-corrected chi connectivity index (χ3v) is 4.37. The van der Waals surface area contributed by atoms with Gasteiger partial charge >= 0.3 is 0 Å². The molecule has 7 heteroatoms. The number of nitrogens with zero attached hydrogens (tertiary/aromatic N) is 1. The number of aromatic nitrogens is 2. The molecule has 2 rings (SSSR count). The van der Waals surface area contributed by atoms with Crippen LogP contribution < -0.4 is 10.9 Å². The molecule has 128 valence electrons. The van der Waals surface area contributed by atoms with Crippen LogP contribution in [0.15, 0.2) is 23.0 Å². The number of carbonyl (C=O) groups is 1. The second-order valence-corrected chi connectivity index (χ2v) is 6.41. The number of amides is 1. The fourth-order valence-corrected chi connectivity index (χ4v) is 2.72. The SMILES string of the molecule is Cc1nc(C)c(CC(=O)NCCCc2ccc(Cl)c(Cl)c2)c(=O)[nH]1. The molecule has 0 bridgehead atoms. The maximum atomic E-state index is 12.0. The van der Waals surface area contributed by atoms with Crippen LogP contribution in [-0.2, 0) is 17.6 Å². The Hall–Kier alpha value is -1.85. The summed E-state index contributed by atoms with van der Waals surface area (Å²) in [7, 11) is 0. The van der Waals surface area contributed by atoms with Crippen molar-refractivity contribution in [1.82, 2.24) is 15.3 Å². The molecule has 0 fully saturated rings. The van der Waals surface area contributed by atoms with Gasteiger partial charge in [-0.05, 0) is 44.4 Å². The van der Waals surface area contributed by atoms with Crippen molar-refractivity contribution in [1.29, 1.82) is 0 Å². The van der Waals surface area contributed by atoms with Crippen molar-refractivity contribution < 1.29 is 4.79 Å². The highest BCUT2D eigenvalue weighted by atomic mass is 35.5. The van der Waals surface area contributed by atoms with Crippen LogP contribution in [0, 0.1) is 13.8 Å². The van der Waals surface area contributed by atoms with E-state index in [1.165, 1.54) is 0 Å². The van der Waals surface area contributed by atoms with Gasteiger partial charge in [-0.25, -0.2) is 4.98 Å². The standard InChI is InChI=1S/C17H19Cl2N3O2/c1-10-13(17(24)22-11(2)21-10)9-16(23)20-7-3-4-12-5-6-14(18)15(19)8-12/h5-6,8H,3-4,7,9H2,1-2H3,(H,20,23)(H,21,22,24). The molecular weight excluding hydrogens is 349 g/mol. The number of benzene rings is 1. The van der Waals surface area contributed by atoms with E-state index in [4.69, 9.17) is 23.2 Å². The predicted octanol–water partition coefficient (Wildman–Crippen LogP) is 2.99. The lowest BCUT2D eigenvalue weighted by Crippen LogP contribution is -2.30. The molecule has 0 saturated carbocycles. The maximum absolute atomic E-state index is 12.0. The number of carbonyl (C=O) groups excluding carboxylic acids is 1. The number of rotatable bonds is 6. The Morgan fingerprint density at radius 1 is 1.25 bits per heavy atom. The van der Waals surface area contributed by atoms with Crippen molar-refractivity contribution in [3.63, 3.8) is 0 Å². The van der Waals surface area contributed by atoms with Crippen molar-refractivity contribution in [2.45, 2.75) is 33.1 Å². The average Bonchev–Trinajstić information content (AvgIpc) is 2.51. The summed E-state index contributed by atoms with van der Waals surface area (Å²) in [4.78, 5) is 30.6. The Labute approximate surface area is 150 Å². The fourth-order valence-electron chi connectivity index (χ4n) is 2.40. The Morgan fingerprint density at radius 3 is 2.67 bits per heavy atom. The van der Waals surface area contributed by atoms with Gasteiger partial charge < -0.3 is 10.3 Å². The first-order valence-corrected chi connectivity index (χ1v) is 8.39. The normalized spacial score (nSPS) is 10.7. The zero-order valence-electron chi connectivity index (χ0n) is 13.6. The molecule has 0 atom stereocenters. The summed E-state index contributed by atoms with van der Waals surface area (Å²) in [6.45, 7) is 3.96. The molecule has 0 saturated heterocycles. The number of aryl methyl sites for hydroxylation is 3. The molecule has 1 aromatic heterocycles. The second-order valence-electron chi connectivity index (χ2n) is 5.59. The molecular formula is C17H19Cl2N3O2. The third kappa shape index (κ3) is 5.08. The average molecular weight is 368 g/mol. The summed E-state index contributed by atoms with van der Waals surface area (Å²) >= 11 is 11.8. The Kier molecular flexibility index (Phi) is 6.40. The molecule has 0 aliphatic carbocycles. The number of hydrogen-bond donors (Lipinski definition) is 2. The largest absolute Gasteiger partial charge is 0.356 e. The van der Waals surface area contributed by atoms with Gasteiger partial charge in [0.15, 0.2) is 0 Å². The quantitative estimate of drug-likeness (QED) is 0.770. The molecule has 5 nitrogen and oxygen atoms in total. The van der Waals surface area contributed by atoms with E-state index >= 15 is 0 Å². The molecule has 24 heavy (non-hydrogen) atoms. The van der Waals surface area contributed by atoms with Crippen molar-refractivity contribution in [3.8, 4) is 0 Å². The van der Waals surface area contributed by atoms with Crippen molar-refractivity contribution in [3.05, 3.63) is 61.2 Å². The Bertz CT molecular complexity index is 803. The second kappa shape index (κ2) is 8.31. The molecule has 0 radical (unpaired) electrons.